The van der Waals surface area contributed by atoms with Crippen molar-refractivity contribution in [2.75, 3.05) is 11.5 Å². The minimum Gasteiger partial charge on any atom is -0.398 e. The molecular formula is C33H36N2. The molecule has 0 bridgehead atoms. The summed E-state index contributed by atoms with van der Waals surface area (Å²) < 4.78 is 0. The van der Waals surface area contributed by atoms with Gasteiger partial charge in [0.2, 0.25) is 0 Å². The van der Waals surface area contributed by atoms with Crippen molar-refractivity contribution in [3.8, 4) is 11.1 Å². The van der Waals surface area contributed by atoms with Gasteiger partial charge in [-0.05, 0) is 67.5 Å². The Morgan fingerprint density at radius 1 is 0.514 bits per heavy atom. The van der Waals surface area contributed by atoms with E-state index in [2.05, 4.69) is 126 Å². The van der Waals surface area contributed by atoms with Crippen molar-refractivity contribution in [2.24, 2.45) is 0 Å². The maximum Gasteiger partial charge on any atom is 0.0713 e. The smallest absolute Gasteiger partial charge is 0.0713 e. The Morgan fingerprint density at radius 3 is 1.26 bits per heavy atom. The van der Waals surface area contributed by atoms with Crippen LogP contribution in [0.1, 0.15) is 74.9 Å². The second-order valence-electron chi connectivity index (χ2n) is 11.9. The van der Waals surface area contributed by atoms with Crippen molar-refractivity contribution in [3.63, 3.8) is 0 Å². The third-order valence-electron chi connectivity index (χ3n) is 7.54. The molecule has 1 aliphatic rings. The van der Waals surface area contributed by atoms with Crippen molar-refractivity contribution in [1.82, 2.24) is 0 Å². The van der Waals surface area contributed by atoms with Crippen LogP contribution in [0.2, 0.25) is 0 Å². The summed E-state index contributed by atoms with van der Waals surface area (Å²) >= 11 is 0. The van der Waals surface area contributed by atoms with Gasteiger partial charge in [0.05, 0.1) is 5.41 Å². The Bertz CT molecular complexity index is 1320. The molecule has 2 nitrogen and oxygen atoms in total. The molecule has 1 aliphatic carbocycles. The molecule has 5 rings (SSSR count). The monoisotopic (exact) mass is 460 g/mol. The number of fused-ring (bicyclic) bond motifs is 3. The van der Waals surface area contributed by atoms with Crippen LogP contribution in [0.3, 0.4) is 0 Å². The molecule has 0 heterocycles. The SMILES string of the molecule is CC(C)(C)c1cc(C2(c3ccc(N)c(C(C)(C)C)c3)c3ccccc3-c3ccccc32)ccc1N. The lowest BCUT2D eigenvalue weighted by Gasteiger charge is -2.36. The lowest BCUT2D eigenvalue weighted by atomic mass is 9.66. The van der Waals surface area contributed by atoms with Crippen LogP contribution in [0.4, 0.5) is 11.4 Å². The predicted octanol–water partition coefficient (Wildman–Crippen LogP) is 7.81. The lowest BCUT2D eigenvalue weighted by Crippen LogP contribution is -2.30. The topological polar surface area (TPSA) is 52.0 Å². The average molecular weight is 461 g/mol. The number of benzene rings is 4. The molecule has 0 unspecified atom stereocenters. The Balaban J connectivity index is 1.96. The Labute approximate surface area is 210 Å². The van der Waals surface area contributed by atoms with Crippen LogP contribution in [0.5, 0.6) is 0 Å². The number of nitrogens with two attached hydrogens (primary N) is 2. The van der Waals surface area contributed by atoms with E-state index in [1.54, 1.807) is 0 Å². The molecule has 0 atom stereocenters. The Kier molecular flexibility index (Phi) is 5.14. The van der Waals surface area contributed by atoms with Crippen LogP contribution in [-0.4, -0.2) is 0 Å². The molecule has 0 saturated heterocycles. The lowest BCUT2D eigenvalue weighted by molar-refractivity contribution is 0.587. The van der Waals surface area contributed by atoms with Crippen LogP contribution < -0.4 is 11.5 Å². The van der Waals surface area contributed by atoms with Gasteiger partial charge in [0.15, 0.2) is 0 Å². The normalized spacial score (nSPS) is 14.5. The van der Waals surface area contributed by atoms with Crippen LogP contribution >= 0.6 is 0 Å². The van der Waals surface area contributed by atoms with E-state index in [0.717, 1.165) is 11.4 Å². The molecule has 4 N–H and O–H groups in total. The van der Waals surface area contributed by atoms with Crippen molar-refractivity contribution >= 4 is 11.4 Å². The van der Waals surface area contributed by atoms with Gasteiger partial charge in [-0.25, -0.2) is 0 Å². The molecule has 0 amide bonds. The summed E-state index contributed by atoms with van der Waals surface area (Å²) in [4.78, 5) is 0. The summed E-state index contributed by atoms with van der Waals surface area (Å²) in [6, 6.07) is 30.9. The quantitative estimate of drug-likeness (QED) is 0.264. The van der Waals surface area contributed by atoms with E-state index in [9.17, 15) is 0 Å². The zero-order chi connectivity index (χ0) is 25.2. The maximum atomic E-state index is 6.53. The molecule has 0 saturated carbocycles. The van der Waals surface area contributed by atoms with Gasteiger partial charge >= 0.3 is 0 Å². The molecule has 4 aromatic rings. The number of hydrogen-bond donors (Lipinski definition) is 2. The van der Waals surface area contributed by atoms with Gasteiger partial charge in [0.1, 0.15) is 0 Å². The summed E-state index contributed by atoms with van der Waals surface area (Å²) in [5.74, 6) is 0. The van der Waals surface area contributed by atoms with Gasteiger partial charge in [0, 0.05) is 11.4 Å². The molecule has 2 heteroatoms. The Hall–Kier alpha value is -3.52. The average Bonchev–Trinajstić information content (AvgIpc) is 3.10. The largest absolute Gasteiger partial charge is 0.398 e. The zero-order valence-corrected chi connectivity index (χ0v) is 21.7. The highest BCUT2D eigenvalue weighted by Crippen LogP contribution is 2.57. The first-order chi connectivity index (χ1) is 16.5. The van der Waals surface area contributed by atoms with Gasteiger partial charge in [0.25, 0.3) is 0 Å². The number of rotatable bonds is 2. The van der Waals surface area contributed by atoms with Crippen LogP contribution in [0.15, 0.2) is 84.9 Å². The first kappa shape index (κ1) is 23.2. The molecule has 4 aromatic carbocycles. The van der Waals surface area contributed by atoms with Gasteiger partial charge < -0.3 is 11.5 Å². The summed E-state index contributed by atoms with van der Waals surface area (Å²) in [6.45, 7) is 13.4. The fourth-order valence-electron chi connectivity index (χ4n) is 5.90. The molecule has 0 spiro atoms. The van der Waals surface area contributed by atoms with Gasteiger partial charge in [-0.2, -0.15) is 0 Å². The highest BCUT2D eigenvalue weighted by atomic mass is 14.6. The summed E-state index contributed by atoms with van der Waals surface area (Å²) in [5.41, 5.74) is 24.1. The van der Waals surface area contributed by atoms with Crippen molar-refractivity contribution in [2.45, 2.75) is 57.8 Å². The van der Waals surface area contributed by atoms with Crippen molar-refractivity contribution < 1.29 is 0 Å². The fourth-order valence-corrected chi connectivity index (χ4v) is 5.90. The number of nitrogen functional groups attached to an aromatic ring is 2. The minimum atomic E-state index is -0.464. The summed E-state index contributed by atoms with van der Waals surface area (Å²) in [5, 5.41) is 0. The number of hydrogen-bond acceptors (Lipinski definition) is 2. The van der Waals surface area contributed by atoms with E-state index in [0.29, 0.717) is 0 Å². The Morgan fingerprint density at radius 2 is 0.886 bits per heavy atom. The first-order valence-electron chi connectivity index (χ1n) is 12.5. The first-order valence-corrected chi connectivity index (χ1v) is 12.5. The molecular weight excluding hydrogens is 424 g/mol. The maximum absolute atomic E-state index is 6.53. The molecule has 0 aliphatic heterocycles. The minimum absolute atomic E-state index is 0.0728. The zero-order valence-electron chi connectivity index (χ0n) is 21.7. The van der Waals surface area contributed by atoms with Crippen molar-refractivity contribution in [3.05, 3.63) is 118 Å². The van der Waals surface area contributed by atoms with E-state index >= 15 is 0 Å². The number of anilines is 2. The predicted molar refractivity (Wildman–Crippen MR) is 150 cm³/mol. The highest BCUT2D eigenvalue weighted by Gasteiger charge is 2.46. The second kappa shape index (κ2) is 7.75. The van der Waals surface area contributed by atoms with E-state index < -0.39 is 5.41 Å². The molecule has 35 heavy (non-hydrogen) atoms. The van der Waals surface area contributed by atoms with E-state index in [1.807, 2.05) is 0 Å². The third-order valence-corrected chi connectivity index (χ3v) is 7.54. The van der Waals surface area contributed by atoms with E-state index in [1.165, 1.54) is 44.5 Å². The molecule has 0 fully saturated rings. The van der Waals surface area contributed by atoms with Gasteiger partial charge in [-0.3, -0.25) is 0 Å². The summed E-state index contributed by atoms with van der Waals surface area (Å²) in [6.07, 6.45) is 0. The van der Waals surface area contributed by atoms with Crippen LogP contribution in [-0.2, 0) is 16.2 Å². The van der Waals surface area contributed by atoms with Crippen LogP contribution in [0, 0.1) is 0 Å². The third kappa shape index (κ3) is 3.46. The van der Waals surface area contributed by atoms with Gasteiger partial charge in [-0.15, -0.1) is 0 Å². The summed E-state index contributed by atoms with van der Waals surface area (Å²) in [7, 11) is 0. The molecule has 0 aromatic heterocycles. The fraction of sp³-hybridized carbons (Fsp3) is 0.273. The molecule has 178 valence electrons. The highest BCUT2D eigenvalue weighted by molar-refractivity contribution is 5.86. The second-order valence-corrected chi connectivity index (χ2v) is 11.9. The molecule has 0 radical (unpaired) electrons. The van der Waals surface area contributed by atoms with E-state index in [4.69, 9.17) is 11.5 Å². The van der Waals surface area contributed by atoms with Crippen LogP contribution in [0.25, 0.3) is 11.1 Å². The standard InChI is InChI=1S/C33H36N2/c1-31(2,3)27-19-21(15-17-29(27)34)33(22-16-18-30(35)28(20-22)32(4,5)6)25-13-9-7-11-23(25)24-12-8-10-14-26(24)33/h7-20H,34-35H2,1-6H3. The van der Waals surface area contributed by atoms with Crippen molar-refractivity contribution in [1.29, 1.82) is 0 Å². The van der Waals surface area contributed by atoms with E-state index in [-0.39, 0.29) is 10.8 Å². The van der Waals surface area contributed by atoms with Gasteiger partial charge in [-0.1, -0.05) is 114 Å².